The van der Waals surface area contributed by atoms with Gasteiger partial charge < -0.3 is 10.1 Å². The number of H-pyrrole nitrogens is 1. The normalized spacial score (nSPS) is 10.6. The van der Waals surface area contributed by atoms with Gasteiger partial charge in [-0.2, -0.15) is 0 Å². The minimum absolute atomic E-state index is 0.0260. The molecule has 1 heterocycles. The summed E-state index contributed by atoms with van der Waals surface area (Å²) >= 11 is 0. The molecule has 0 unspecified atom stereocenters. The summed E-state index contributed by atoms with van der Waals surface area (Å²) < 4.78 is 13.4. The van der Waals surface area contributed by atoms with E-state index in [-0.39, 0.29) is 11.3 Å². The van der Waals surface area contributed by atoms with Crippen molar-refractivity contribution in [2.45, 2.75) is 13.8 Å². The first-order valence-electron chi connectivity index (χ1n) is 4.60. The first-order valence-corrected chi connectivity index (χ1v) is 4.60. The summed E-state index contributed by atoms with van der Waals surface area (Å²) in [4.78, 5) is 7.14. The van der Waals surface area contributed by atoms with Gasteiger partial charge in [-0.05, 0) is 32.0 Å². The predicted molar refractivity (Wildman–Crippen MR) is 55.1 cm³/mol. The summed E-state index contributed by atoms with van der Waals surface area (Å²) in [6, 6.07) is 3.88. The SMILES string of the molecule is Cc1nc(-c2cc(O)ccc2F)[nH]c1C. The number of hydrogen-bond donors (Lipinski definition) is 2. The molecule has 0 radical (unpaired) electrons. The molecule has 0 aliphatic heterocycles. The number of nitrogens with one attached hydrogen (secondary N) is 1. The number of halogens is 1. The zero-order valence-electron chi connectivity index (χ0n) is 8.50. The van der Waals surface area contributed by atoms with Crippen molar-refractivity contribution in [2.24, 2.45) is 0 Å². The molecule has 0 fully saturated rings. The van der Waals surface area contributed by atoms with E-state index >= 15 is 0 Å². The summed E-state index contributed by atoms with van der Waals surface area (Å²) in [6.45, 7) is 3.71. The Labute approximate surface area is 86.6 Å². The van der Waals surface area contributed by atoms with Crippen LogP contribution in [0, 0.1) is 19.7 Å². The highest BCUT2D eigenvalue weighted by Crippen LogP contribution is 2.24. The molecule has 0 spiro atoms. The Morgan fingerprint density at radius 2 is 2.07 bits per heavy atom. The number of rotatable bonds is 1. The number of benzene rings is 1. The van der Waals surface area contributed by atoms with Gasteiger partial charge in [0.2, 0.25) is 0 Å². The lowest BCUT2D eigenvalue weighted by molar-refractivity contribution is 0.473. The lowest BCUT2D eigenvalue weighted by atomic mass is 10.2. The summed E-state index contributed by atoms with van der Waals surface area (Å²) in [5.41, 5.74) is 2.01. The van der Waals surface area contributed by atoms with Gasteiger partial charge in [0, 0.05) is 5.69 Å². The lowest BCUT2D eigenvalue weighted by Gasteiger charge is -1.99. The molecule has 0 amide bonds. The number of hydrogen-bond acceptors (Lipinski definition) is 2. The average molecular weight is 206 g/mol. The second kappa shape index (κ2) is 3.38. The highest BCUT2D eigenvalue weighted by Gasteiger charge is 2.10. The molecule has 0 saturated carbocycles. The van der Waals surface area contributed by atoms with E-state index in [9.17, 15) is 9.50 Å². The summed E-state index contributed by atoms with van der Waals surface area (Å²) in [5.74, 6) is 0.0676. The predicted octanol–water partition coefficient (Wildman–Crippen LogP) is 2.54. The molecule has 0 bridgehead atoms. The van der Waals surface area contributed by atoms with Crippen LogP contribution in [0.5, 0.6) is 5.75 Å². The number of aryl methyl sites for hydroxylation is 2. The van der Waals surface area contributed by atoms with E-state index in [0.29, 0.717) is 5.82 Å². The van der Waals surface area contributed by atoms with Crippen LogP contribution in [0.15, 0.2) is 18.2 Å². The van der Waals surface area contributed by atoms with Gasteiger partial charge in [-0.3, -0.25) is 0 Å². The van der Waals surface area contributed by atoms with Crippen LogP contribution in [0.4, 0.5) is 4.39 Å². The second-order valence-corrected chi connectivity index (χ2v) is 3.46. The van der Waals surface area contributed by atoms with Crippen LogP contribution in [-0.4, -0.2) is 15.1 Å². The first kappa shape index (κ1) is 9.71. The molecule has 0 aliphatic rings. The van der Waals surface area contributed by atoms with Gasteiger partial charge >= 0.3 is 0 Å². The third-order valence-electron chi connectivity index (χ3n) is 2.33. The van der Waals surface area contributed by atoms with E-state index in [1.807, 2.05) is 13.8 Å². The van der Waals surface area contributed by atoms with Crippen molar-refractivity contribution >= 4 is 0 Å². The van der Waals surface area contributed by atoms with Crippen LogP contribution in [0.25, 0.3) is 11.4 Å². The second-order valence-electron chi connectivity index (χ2n) is 3.46. The zero-order valence-corrected chi connectivity index (χ0v) is 8.50. The van der Waals surface area contributed by atoms with Crippen molar-refractivity contribution in [1.29, 1.82) is 0 Å². The maximum atomic E-state index is 13.4. The fourth-order valence-corrected chi connectivity index (χ4v) is 1.37. The van der Waals surface area contributed by atoms with Crippen LogP contribution in [0.1, 0.15) is 11.4 Å². The van der Waals surface area contributed by atoms with Gasteiger partial charge in [0.05, 0.1) is 11.3 Å². The van der Waals surface area contributed by atoms with E-state index in [1.54, 1.807) is 0 Å². The molecule has 0 atom stereocenters. The number of nitrogens with zero attached hydrogens (tertiary/aromatic N) is 1. The van der Waals surface area contributed by atoms with Crippen LogP contribution in [0.3, 0.4) is 0 Å². The smallest absolute Gasteiger partial charge is 0.140 e. The van der Waals surface area contributed by atoms with Crippen LogP contribution in [-0.2, 0) is 0 Å². The van der Waals surface area contributed by atoms with Crippen molar-refractivity contribution in [2.75, 3.05) is 0 Å². The number of phenolic OH excluding ortho intramolecular Hbond substituents is 1. The number of aromatic amines is 1. The fraction of sp³-hybridized carbons (Fsp3) is 0.182. The number of aromatic nitrogens is 2. The van der Waals surface area contributed by atoms with Crippen LogP contribution >= 0.6 is 0 Å². The highest BCUT2D eigenvalue weighted by molar-refractivity contribution is 5.59. The molecule has 2 aromatic rings. The molecule has 15 heavy (non-hydrogen) atoms. The quantitative estimate of drug-likeness (QED) is 0.753. The Bertz CT molecular complexity index is 486. The first-order chi connectivity index (χ1) is 7.08. The molecule has 78 valence electrons. The van der Waals surface area contributed by atoms with Crippen molar-refractivity contribution in [3.8, 4) is 17.1 Å². The number of phenols is 1. The van der Waals surface area contributed by atoms with E-state index in [4.69, 9.17) is 0 Å². The molecular weight excluding hydrogens is 195 g/mol. The Hall–Kier alpha value is -1.84. The third kappa shape index (κ3) is 1.70. The van der Waals surface area contributed by atoms with Crippen molar-refractivity contribution < 1.29 is 9.50 Å². The Balaban J connectivity index is 2.58. The monoisotopic (exact) mass is 206 g/mol. The average Bonchev–Trinajstić information content (AvgIpc) is 2.51. The molecular formula is C11H11FN2O. The fourth-order valence-electron chi connectivity index (χ4n) is 1.37. The summed E-state index contributed by atoms with van der Waals surface area (Å²) in [6.07, 6.45) is 0. The van der Waals surface area contributed by atoms with E-state index < -0.39 is 5.82 Å². The number of aromatic hydroxyl groups is 1. The standard InChI is InChI=1S/C11H11FN2O/c1-6-7(2)14-11(13-6)9-5-8(15)3-4-10(9)12/h3-5,15H,1-2H3,(H,13,14). The van der Waals surface area contributed by atoms with Gasteiger partial charge in [-0.25, -0.2) is 9.37 Å². The van der Waals surface area contributed by atoms with Crippen molar-refractivity contribution in [1.82, 2.24) is 9.97 Å². The number of imidazole rings is 1. The molecule has 2 rings (SSSR count). The van der Waals surface area contributed by atoms with Crippen molar-refractivity contribution in [3.63, 3.8) is 0 Å². The maximum absolute atomic E-state index is 13.4. The van der Waals surface area contributed by atoms with E-state index in [2.05, 4.69) is 9.97 Å². The molecule has 0 aliphatic carbocycles. The minimum atomic E-state index is -0.401. The van der Waals surface area contributed by atoms with Gasteiger partial charge in [0.1, 0.15) is 17.4 Å². The molecule has 3 nitrogen and oxygen atoms in total. The Kier molecular flexibility index (Phi) is 2.19. The lowest BCUT2D eigenvalue weighted by Crippen LogP contribution is -1.86. The maximum Gasteiger partial charge on any atom is 0.140 e. The van der Waals surface area contributed by atoms with Gasteiger partial charge in [0.15, 0.2) is 0 Å². The zero-order chi connectivity index (χ0) is 11.0. The van der Waals surface area contributed by atoms with Gasteiger partial charge in [-0.15, -0.1) is 0 Å². The summed E-state index contributed by atoms with van der Waals surface area (Å²) in [5, 5.41) is 9.27. The van der Waals surface area contributed by atoms with Crippen LogP contribution < -0.4 is 0 Å². The highest BCUT2D eigenvalue weighted by atomic mass is 19.1. The molecule has 2 N–H and O–H groups in total. The largest absolute Gasteiger partial charge is 0.508 e. The molecule has 0 saturated heterocycles. The summed E-state index contributed by atoms with van der Waals surface area (Å²) in [7, 11) is 0. The van der Waals surface area contributed by atoms with Crippen LogP contribution in [0.2, 0.25) is 0 Å². The third-order valence-corrected chi connectivity index (χ3v) is 2.33. The van der Waals surface area contributed by atoms with Crippen molar-refractivity contribution in [3.05, 3.63) is 35.4 Å². The topological polar surface area (TPSA) is 48.9 Å². The minimum Gasteiger partial charge on any atom is -0.508 e. The molecule has 1 aromatic carbocycles. The Morgan fingerprint density at radius 1 is 1.33 bits per heavy atom. The van der Waals surface area contributed by atoms with Gasteiger partial charge in [0.25, 0.3) is 0 Å². The van der Waals surface area contributed by atoms with Gasteiger partial charge in [-0.1, -0.05) is 0 Å². The molecule has 1 aromatic heterocycles. The van der Waals surface area contributed by atoms with E-state index in [0.717, 1.165) is 11.4 Å². The van der Waals surface area contributed by atoms with E-state index in [1.165, 1.54) is 18.2 Å². The molecule has 4 heteroatoms. The Morgan fingerprint density at radius 3 is 2.67 bits per heavy atom.